The van der Waals surface area contributed by atoms with Gasteiger partial charge in [0, 0.05) is 28.3 Å². The van der Waals surface area contributed by atoms with Crippen molar-refractivity contribution < 1.29 is 9.90 Å². The molecule has 2 N–H and O–H groups in total. The third-order valence-electron chi connectivity index (χ3n) is 3.63. The molecule has 1 aromatic heterocycles. The number of pyridine rings is 1. The zero-order valence-corrected chi connectivity index (χ0v) is 11.6. The zero-order valence-electron chi connectivity index (χ0n) is 10.8. The Morgan fingerprint density at radius 2 is 2.25 bits per heavy atom. The van der Waals surface area contributed by atoms with Crippen molar-refractivity contribution >= 4 is 34.2 Å². The van der Waals surface area contributed by atoms with Gasteiger partial charge in [0.15, 0.2) is 0 Å². The van der Waals surface area contributed by atoms with Gasteiger partial charge in [-0.1, -0.05) is 11.6 Å². The summed E-state index contributed by atoms with van der Waals surface area (Å²) in [7, 11) is 0. The number of carbonyl (C=O) groups is 1. The summed E-state index contributed by atoms with van der Waals surface area (Å²) in [6.07, 6.45) is 4.05. The standard InChI is InChI=1S/C15H15ClN2O2/c16-10-3-4-11-12(5-6-17-14(11)7-10)18-13(8-15(19)20)9-1-2-9/h3-7,9,13H,1-2,8H2,(H,17,18)(H,19,20). The van der Waals surface area contributed by atoms with Crippen LogP contribution in [0.5, 0.6) is 0 Å². The first-order chi connectivity index (χ1) is 9.63. The monoisotopic (exact) mass is 290 g/mol. The highest BCUT2D eigenvalue weighted by Gasteiger charge is 2.32. The van der Waals surface area contributed by atoms with Gasteiger partial charge in [0.25, 0.3) is 0 Å². The number of hydrogen-bond donors (Lipinski definition) is 2. The fourth-order valence-corrected chi connectivity index (χ4v) is 2.64. The van der Waals surface area contributed by atoms with E-state index in [1.54, 1.807) is 6.20 Å². The molecule has 2 aromatic rings. The van der Waals surface area contributed by atoms with Crippen LogP contribution in [0.4, 0.5) is 5.69 Å². The Kier molecular flexibility index (Phi) is 3.49. The number of nitrogens with zero attached hydrogens (tertiary/aromatic N) is 1. The number of hydrogen-bond acceptors (Lipinski definition) is 3. The van der Waals surface area contributed by atoms with E-state index in [-0.39, 0.29) is 12.5 Å². The van der Waals surface area contributed by atoms with Crippen molar-refractivity contribution in [1.82, 2.24) is 4.98 Å². The van der Waals surface area contributed by atoms with Gasteiger partial charge in [-0.05, 0) is 43.0 Å². The number of aromatic nitrogens is 1. The second kappa shape index (κ2) is 5.29. The van der Waals surface area contributed by atoms with Gasteiger partial charge >= 0.3 is 5.97 Å². The van der Waals surface area contributed by atoms with E-state index in [1.165, 1.54) is 0 Å². The van der Waals surface area contributed by atoms with Gasteiger partial charge in [-0.2, -0.15) is 0 Å². The predicted molar refractivity (Wildman–Crippen MR) is 79.1 cm³/mol. The highest BCUT2D eigenvalue weighted by Crippen LogP contribution is 2.36. The van der Waals surface area contributed by atoms with Gasteiger partial charge in [0.05, 0.1) is 11.9 Å². The average molecular weight is 291 g/mol. The maximum Gasteiger partial charge on any atom is 0.305 e. The van der Waals surface area contributed by atoms with E-state index in [9.17, 15) is 4.79 Å². The molecule has 4 nitrogen and oxygen atoms in total. The fraction of sp³-hybridized carbons (Fsp3) is 0.333. The van der Waals surface area contributed by atoms with Gasteiger partial charge < -0.3 is 10.4 Å². The van der Waals surface area contributed by atoms with Gasteiger partial charge in [-0.25, -0.2) is 0 Å². The van der Waals surface area contributed by atoms with Crippen LogP contribution in [0.15, 0.2) is 30.5 Å². The minimum absolute atomic E-state index is 0.0196. The van der Waals surface area contributed by atoms with Crippen LogP contribution in [0.25, 0.3) is 10.9 Å². The van der Waals surface area contributed by atoms with Crippen molar-refractivity contribution in [1.29, 1.82) is 0 Å². The molecule has 3 rings (SSSR count). The van der Waals surface area contributed by atoms with Crippen molar-refractivity contribution in [2.75, 3.05) is 5.32 Å². The molecule has 0 spiro atoms. The maximum atomic E-state index is 11.0. The topological polar surface area (TPSA) is 62.2 Å². The van der Waals surface area contributed by atoms with E-state index in [1.807, 2.05) is 24.3 Å². The largest absolute Gasteiger partial charge is 0.481 e. The lowest BCUT2D eigenvalue weighted by Crippen LogP contribution is -2.25. The quantitative estimate of drug-likeness (QED) is 0.884. The van der Waals surface area contributed by atoms with Crippen molar-refractivity contribution in [2.45, 2.75) is 25.3 Å². The van der Waals surface area contributed by atoms with Crippen LogP contribution in [0.1, 0.15) is 19.3 Å². The Morgan fingerprint density at radius 3 is 2.95 bits per heavy atom. The van der Waals surface area contributed by atoms with Gasteiger partial charge in [0.2, 0.25) is 0 Å². The summed E-state index contributed by atoms with van der Waals surface area (Å²) < 4.78 is 0. The Morgan fingerprint density at radius 1 is 1.45 bits per heavy atom. The van der Waals surface area contributed by atoms with Crippen LogP contribution >= 0.6 is 11.6 Å². The van der Waals surface area contributed by atoms with E-state index in [4.69, 9.17) is 16.7 Å². The molecule has 1 fully saturated rings. The minimum Gasteiger partial charge on any atom is -0.481 e. The summed E-state index contributed by atoms with van der Waals surface area (Å²) in [4.78, 5) is 15.3. The molecule has 20 heavy (non-hydrogen) atoms. The molecule has 0 saturated heterocycles. The van der Waals surface area contributed by atoms with Crippen LogP contribution in [0.2, 0.25) is 5.02 Å². The predicted octanol–water partition coefficient (Wildman–Crippen LogP) is 3.55. The zero-order chi connectivity index (χ0) is 14.1. The number of carboxylic acid groups (broad SMARTS) is 1. The lowest BCUT2D eigenvalue weighted by molar-refractivity contribution is -0.137. The van der Waals surface area contributed by atoms with Crippen LogP contribution in [-0.4, -0.2) is 22.1 Å². The number of benzene rings is 1. The van der Waals surface area contributed by atoms with Gasteiger partial charge in [-0.15, -0.1) is 0 Å². The van der Waals surface area contributed by atoms with E-state index >= 15 is 0 Å². The second-order valence-electron chi connectivity index (χ2n) is 5.21. The molecule has 104 valence electrons. The number of rotatable bonds is 5. The lowest BCUT2D eigenvalue weighted by Gasteiger charge is -2.18. The number of halogens is 1. The number of aliphatic carboxylic acids is 1. The third-order valence-corrected chi connectivity index (χ3v) is 3.87. The molecule has 0 bridgehead atoms. The summed E-state index contributed by atoms with van der Waals surface area (Å²) in [6.45, 7) is 0. The molecule has 0 radical (unpaired) electrons. The minimum atomic E-state index is -0.768. The van der Waals surface area contributed by atoms with Crippen molar-refractivity contribution in [3.05, 3.63) is 35.5 Å². The fourth-order valence-electron chi connectivity index (χ4n) is 2.47. The molecule has 5 heteroatoms. The first-order valence-electron chi connectivity index (χ1n) is 6.66. The Labute approximate surface area is 121 Å². The summed E-state index contributed by atoms with van der Waals surface area (Å²) in [5.74, 6) is -0.308. The third kappa shape index (κ3) is 2.85. The molecule has 1 aliphatic carbocycles. The number of fused-ring (bicyclic) bond motifs is 1. The summed E-state index contributed by atoms with van der Waals surface area (Å²) >= 11 is 5.97. The van der Waals surface area contributed by atoms with Crippen LogP contribution in [0.3, 0.4) is 0 Å². The van der Waals surface area contributed by atoms with Crippen molar-refractivity contribution in [3.8, 4) is 0 Å². The molecule has 1 aromatic carbocycles. The highest BCUT2D eigenvalue weighted by molar-refractivity contribution is 6.31. The second-order valence-corrected chi connectivity index (χ2v) is 5.64. The molecular weight excluding hydrogens is 276 g/mol. The molecular formula is C15H15ClN2O2. The molecule has 0 aliphatic heterocycles. The van der Waals surface area contributed by atoms with Crippen LogP contribution in [-0.2, 0) is 4.79 Å². The van der Waals surface area contributed by atoms with E-state index in [0.717, 1.165) is 29.4 Å². The van der Waals surface area contributed by atoms with Crippen LogP contribution in [0, 0.1) is 5.92 Å². The molecule has 1 unspecified atom stereocenters. The Balaban J connectivity index is 1.91. The number of anilines is 1. The maximum absolute atomic E-state index is 11.0. The normalized spacial score (nSPS) is 16.1. The molecule has 0 amide bonds. The Bertz CT molecular complexity index is 655. The smallest absolute Gasteiger partial charge is 0.305 e. The van der Waals surface area contributed by atoms with Crippen molar-refractivity contribution in [3.63, 3.8) is 0 Å². The number of nitrogens with one attached hydrogen (secondary N) is 1. The first-order valence-corrected chi connectivity index (χ1v) is 7.04. The summed E-state index contributed by atoms with van der Waals surface area (Å²) in [5.41, 5.74) is 1.73. The summed E-state index contributed by atoms with van der Waals surface area (Å²) in [5, 5.41) is 14.0. The van der Waals surface area contributed by atoms with E-state index < -0.39 is 5.97 Å². The lowest BCUT2D eigenvalue weighted by atomic mass is 10.1. The van der Waals surface area contributed by atoms with Gasteiger partial charge in [-0.3, -0.25) is 9.78 Å². The first kappa shape index (κ1) is 13.2. The van der Waals surface area contributed by atoms with E-state index in [0.29, 0.717) is 10.9 Å². The highest BCUT2D eigenvalue weighted by atomic mass is 35.5. The van der Waals surface area contributed by atoms with Crippen LogP contribution < -0.4 is 5.32 Å². The molecule has 1 aliphatic rings. The van der Waals surface area contributed by atoms with E-state index in [2.05, 4.69) is 10.3 Å². The number of carboxylic acids is 1. The molecule has 1 heterocycles. The average Bonchev–Trinajstić information content (AvgIpc) is 3.21. The van der Waals surface area contributed by atoms with Crippen molar-refractivity contribution in [2.24, 2.45) is 5.92 Å². The van der Waals surface area contributed by atoms with Gasteiger partial charge in [0.1, 0.15) is 0 Å². The SMILES string of the molecule is O=C(O)CC(Nc1ccnc2cc(Cl)ccc12)C1CC1. The molecule has 1 atom stereocenters. The Hall–Kier alpha value is -1.81. The molecule has 1 saturated carbocycles. The summed E-state index contributed by atoms with van der Waals surface area (Å²) in [6, 6.07) is 7.41.